The molecule has 262 valence electrons. The first-order valence-electron chi connectivity index (χ1n) is 16.6. The summed E-state index contributed by atoms with van der Waals surface area (Å²) in [6.07, 6.45) is -8.83. The third-order valence-electron chi connectivity index (χ3n) is 9.96. The van der Waals surface area contributed by atoms with E-state index in [1.54, 1.807) is 24.3 Å². The molecule has 0 spiro atoms. The van der Waals surface area contributed by atoms with Crippen LogP contribution in [0.25, 0.3) is 11.1 Å². The Hall–Kier alpha value is -2.28. The topological polar surface area (TPSA) is 36.9 Å². The zero-order valence-electron chi connectivity index (χ0n) is 26.4. The maximum atomic E-state index is 15.0. The van der Waals surface area contributed by atoms with Gasteiger partial charge in [0.2, 0.25) is 0 Å². The van der Waals surface area contributed by atoms with Crippen molar-refractivity contribution in [3.8, 4) is 11.1 Å². The second kappa shape index (κ2) is 15.1. The molecule has 12 heteroatoms. The first-order valence-corrected chi connectivity index (χ1v) is 16.6. The van der Waals surface area contributed by atoms with Crippen molar-refractivity contribution in [2.45, 2.75) is 109 Å². The molecule has 1 heterocycles. The van der Waals surface area contributed by atoms with Crippen LogP contribution in [0.15, 0.2) is 42.5 Å². The number of hydrogen-bond acceptors (Lipinski definition) is 4. The van der Waals surface area contributed by atoms with Gasteiger partial charge in [-0.1, -0.05) is 69.4 Å². The average Bonchev–Trinajstić information content (AvgIpc) is 3.03. The SMILES string of the molecule is CCCCC1CCC(C2COC(c3ccc(-c4ccc(C(F)(F)OC5CCC(C(F)(F)OC(F)(F)F)CC5)c(F)c4)cc3)OC2)CC1. The van der Waals surface area contributed by atoms with Gasteiger partial charge in [0.05, 0.1) is 30.8 Å². The molecule has 0 radical (unpaired) electrons. The molecule has 3 fully saturated rings. The summed E-state index contributed by atoms with van der Waals surface area (Å²) in [6.45, 7) is 3.48. The number of ether oxygens (including phenoxy) is 4. The van der Waals surface area contributed by atoms with E-state index in [1.807, 2.05) is 0 Å². The minimum absolute atomic E-state index is 0.348. The van der Waals surface area contributed by atoms with Gasteiger partial charge in [-0.3, -0.25) is 0 Å². The second-order valence-electron chi connectivity index (χ2n) is 13.2. The van der Waals surface area contributed by atoms with E-state index in [0.29, 0.717) is 36.2 Å². The fourth-order valence-corrected chi connectivity index (χ4v) is 7.21. The number of halogens is 8. The monoisotopic (exact) mass is 678 g/mol. The highest BCUT2D eigenvalue weighted by molar-refractivity contribution is 5.64. The van der Waals surface area contributed by atoms with Crippen LogP contribution in [-0.4, -0.2) is 31.8 Å². The average molecular weight is 679 g/mol. The Labute approximate surface area is 270 Å². The van der Waals surface area contributed by atoms with Crippen molar-refractivity contribution in [3.63, 3.8) is 0 Å². The largest absolute Gasteiger partial charge is 0.527 e. The lowest BCUT2D eigenvalue weighted by Crippen LogP contribution is -2.40. The van der Waals surface area contributed by atoms with Crippen molar-refractivity contribution < 1.29 is 54.1 Å². The summed E-state index contributed by atoms with van der Waals surface area (Å²) in [5.74, 6) is -1.20. The van der Waals surface area contributed by atoms with Crippen LogP contribution in [0, 0.1) is 29.5 Å². The number of rotatable bonds is 11. The van der Waals surface area contributed by atoms with E-state index in [-0.39, 0.29) is 12.8 Å². The van der Waals surface area contributed by atoms with Crippen LogP contribution in [0.3, 0.4) is 0 Å². The van der Waals surface area contributed by atoms with Gasteiger partial charge in [0.1, 0.15) is 5.82 Å². The molecular formula is C35H42F8O4. The van der Waals surface area contributed by atoms with E-state index >= 15 is 0 Å². The van der Waals surface area contributed by atoms with Crippen LogP contribution in [0.2, 0.25) is 0 Å². The van der Waals surface area contributed by atoms with Crippen molar-refractivity contribution in [1.82, 2.24) is 0 Å². The van der Waals surface area contributed by atoms with Gasteiger partial charge in [-0.2, -0.15) is 17.6 Å². The van der Waals surface area contributed by atoms with Crippen molar-refractivity contribution in [2.75, 3.05) is 13.2 Å². The van der Waals surface area contributed by atoms with Crippen LogP contribution in [-0.2, 0) is 25.1 Å². The number of alkyl halides is 7. The molecule has 0 unspecified atom stereocenters. The molecule has 5 rings (SSSR count). The molecule has 4 nitrogen and oxygen atoms in total. The summed E-state index contributed by atoms with van der Waals surface area (Å²) >= 11 is 0. The molecule has 2 aromatic rings. The van der Waals surface area contributed by atoms with Crippen molar-refractivity contribution in [2.24, 2.45) is 23.7 Å². The van der Waals surface area contributed by atoms with Crippen molar-refractivity contribution >= 4 is 0 Å². The molecule has 0 N–H and O–H groups in total. The Morgan fingerprint density at radius 2 is 1.36 bits per heavy atom. The molecule has 0 aromatic heterocycles. The number of unbranched alkanes of at least 4 members (excludes halogenated alkanes) is 1. The van der Waals surface area contributed by atoms with Gasteiger partial charge in [-0.05, 0) is 73.6 Å². The molecule has 1 saturated heterocycles. The van der Waals surface area contributed by atoms with Gasteiger partial charge in [-0.25, -0.2) is 9.13 Å². The van der Waals surface area contributed by atoms with Crippen molar-refractivity contribution in [1.29, 1.82) is 0 Å². The van der Waals surface area contributed by atoms with Crippen LogP contribution >= 0.6 is 0 Å². The summed E-state index contributed by atoms with van der Waals surface area (Å²) < 4.78 is 129. The number of hydrogen-bond donors (Lipinski definition) is 0. The van der Waals surface area contributed by atoms with E-state index in [1.165, 1.54) is 51.0 Å². The molecule has 2 aliphatic carbocycles. The molecule has 0 atom stereocenters. The third-order valence-corrected chi connectivity index (χ3v) is 9.96. The minimum atomic E-state index is -5.54. The Morgan fingerprint density at radius 1 is 0.745 bits per heavy atom. The summed E-state index contributed by atoms with van der Waals surface area (Å²) in [7, 11) is 0. The fraction of sp³-hybridized carbons (Fsp3) is 0.657. The number of benzene rings is 2. The molecule has 0 amide bonds. The Balaban J connectivity index is 1.12. The molecule has 0 bridgehead atoms. The maximum absolute atomic E-state index is 15.0. The summed E-state index contributed by atoms with van der Waals surface area (Å²) in [6, 6.07) is 10.2. The van der Waals surface area contributed by atoms with E-state index in [4.69, 9.17) is 14.2 Å². The highest BCUT2D eigenvalue weighted by atomic mass is 19.4. The van der Waals surface area contributed by atoms with Gasteiger partial charge in [0.25, 0.3) is 0 Å². The fourth-order valence-electron chi connectivity index (χ4n) is 7.21. The Bertz CT molecular complexity index is 1280. The zero-order valence-corrected chi connectivity index (χ0v) is 26.4. The molecule has 2 aromatic carbocycles. The zero-order chi connectivity index (χ0) is 33.8. The summed E-state index contributed by atoms with van der Waals surface area (Å²) in [5, 5.41) is 0. The third kappa shape index (κ3) is 9.45. The Kier molecular flexibility index (Phi) is 11.6. The predicted molar refractivity (Wildman–Crippen MR) is 158 cm³/mol. The van der Waals surface area contributed by atoms with E-state index in [0.717, 1.165) is 23.6 Å². The van der Waals surface area contributed by atoms with E-state index in [2.05, 4.69) is 11.7 Å². The van der Waals surface area contributed by atoms with Gasteiger partial charge in [0.15, 0.2) is 6.29 Å². The second-order valence-corrected chi connectivity index (χ2v) is 13.2. The Morgan fingerprint density at radius 3 is 1.94 bits per heavy atom. The van der Waals surface area contributed by atoms with Gasteiger partial charge >= 0.3 is 18.6 Å². The van der Waals surface area contributed by atoms with Gasteiger partial charge in [0, 0.05) is 11.5 Å². The first-order chi connectivity index (χ1) is 22.2. The lowest BCUT2D eigenvalue weighted by Gasteiger charge is -2.38. The van der Waals surface area contributed by atoms with Gasteiger partial charge in [-0.15, -0.1) is 13.2 Å². The molecule has 2 saturated carbocycles. The predicted octanol–water partition coefficient (Wildman–Crippen LogP) is 10.9. The quantitative estimate of drug-likeness (QED) is 0.222. The molecule has 1 aliphatic heterocycles. The van der Waals surface area contributed by atoms with Crippen LogP contribution in [0.5, 0.6) is 0 Å². The van der Waals surface area contributed by atoms with Gasteiger partial charge < -0.3 is 14.2 Å². The minimum Gasteiger partial charge on any atom is -0.348 e. The maximum Gasteiger partial charge on any atom is 0.527 e. The van der Waals surface area contributed by atoms with Crippen molar-refractivity contribution in [3.05, 3.63) is 59.4 Å². The highest BCUT2D eigenvalue weighted by Gasteiger charge is 2.51. The van der Waals surface area contributed by atoms with E-state index < -0.39 is 61.1 Å². The summed E-state index contributed by atoms with van der Waals surface area (Å²) in [4.78, 5) is 0. The highest BCUT2D eigenvalue weighted by Crippen LogP contribution is 2.44. The molecule has 3 aliphatic rings. The van der Waals surface area contributed by atoms with Crippen LogP contribution in [0.1, 0.15) is 95.0 Å². The normalized spacial score (nSPS) is 27.9. The molecular weight excluding hydrogens is 636 g/mol. The van der Waals surface area contributed by atoms with E-state index in [9.17, 15) is 35.1 Å². The first kappa shape index (κ1) is 36.0. The lowest BCUT2D eigenvalue weighted by atomic mass is 9.74. The van der Waals surface area contributed by atoms with Crippen LogP contribution < -0.4 is 0 Å². The summed E-state index contributed by atoms with van der Waals surface area (Å²) in [5.41, 5.74) is 0.696. The lowest BCUT2D eigenvalue weighted by molar-refractivity contribution is -0.439. The van der Waals surface area contributed by atoms with Crippen LogP contribution in [0.4, 0.5) is 35.1 Å². The molecule has 47 heavy (non-hydrogen) atoms. The smallest absolute Gasteiger partial charge is 0.348 e. The standard InChI is InChI=1S/C35H42F8O4/c1-2-3-4-22-5-7-24(8-6-22)27-20-44-32(45-21-27)25-11-9-23(10-12-25)26-13-18-30(31(36)19-26)34(39,40)46-29-16-14-28(15-17-29)33(37,38)47-35(41,42)43/h9-13,18-19,22,24,27-29,32H,2-8,14-17,20-21H2,1H3.